The Balaban J connectivity index is 1.64. The summed E-state index contributed by atoms with van der Waals surface area (Å²) in [4.78, 5) is 41.7. The van der Waals surface area contributed by atoms with E-state index in [9.17, 15) is 14.4 Å². The first kappa shape index (κ1) is 21.1. The quantitative estimate of drug-likeness (QED) is 0.387. The van der Waals surface area contributed by atoms with Gasteiger partial charge in [0.1, 0.15) is 29.1 Å². The summed E-state index contributed by atoms with van der Waals surface area (Å²) in [5, 5.41) is 5.96. The molecule has 2 aliphatic heterocycles. The van der Waals surface area contributed by atoms with Crippen LogP contribution in [0.5, 0.6) is 5.75 Å². The molecule has 0 spiro atoms. The number of anilines is 2. The number of carbonyl (C=O) groups excluding carboxylic acids is 3. The van der Waals surface area contributed by atoms with Crippen LogP contribution in [0.2, 0.25) is 0 Å². The minimum atomic E-state index is -1.03. The van der Waals surface area contributed by atoms with Crippen molar-refractivity contribution in [2.24, 2.45) is 11.0 Å². The molecule has 0 radical (unpaired) electrons. The van der Waals surface area contributed by atoms with Gasteiger partial charge >= 0.3 is 0 Å². The minimum Gasteiger partial charge on any atom is -0.495 e. The Morgan fingerprint density at radius 1 is 0.909 bits per heavy atom. The highest BCUT2D eigenvalue weighted by Crippen LogP contribution is 2.41. The van der Waals surface area contributed by atoms with Crippen LogP contribution in [-0.4, -0.2) is 36.5 Å². The number of imide groups is 1. The Hall–Kier alpha value is -3.78. The number of ether oxygens (including phenoxy) is 1. The first-order chi connectivity index (χ1) is 16.0. The summed E-state index contributed by atoms with van der Waals surface area (Å²) in [7, 11) is 1.52. The third-order valence-corrected chi connectivity index (χ3v) is 6.26. The maximum absolute atomic E-state index is 13.6. The molecule has 2 atom stereocenters. The average molecular weight is 504 g/mol. The zero-order chi connectivity index (χ0) is 23.1. The molecule has 2 aliphatic rings. The van der Waals surface area contributed by atoms with Gasteiger partial charge in [0.05, 0.1) is 12.8 Å². The molecule has 3 aromatic rings. The minimum absolute atomic E-state index is 0.0371. The van der Waals surface area contributed by atoms with Crippen molar-refractivity contribution in [2.75, 3.05) is 17.0 Å². The Bertz CT molecular complexity index is 1290. The van der Waals surface area contributed by atoms with Gasteiger partial charge in [-0.25, -0.2) is 9.91 Å². The fourth-order valence-electron chi connectivity index (χ4n) is 4.20. The first-order valence-corrected chi connectivity index (χ1v) is 11.0. The second kappa shape index (κ2) is 8.29. The summed E-state index contributed by atoms with van der Waals surface area (Å²) in [6, 6.07) is 21.6. The Labute approximate surface area is 198 Å². The Morgan fingerprint density at radius 2 is 1.58 bits per heavy atom. The smallest absolute Gasteiger partial charge is 0.259 e. The second-order valence-corrected chi connectivity index (χ2v) is 8.52. The second-order valence-electron chi connectivity index (χ2n) is 7.61. The molecule has 1 fully saturated rings. The lowest BCUT2D eigenvalue weighted by Gasteiger charge is -2.23. The number of methoxy groups -OCH3 is 1. The van der Waals surface area contributed by atoms with E-state index in [2.05, 4.69) is 21.0 Å². The summed E-state index contributed by atoms with van der Waals surface area (Å²) in [6.45, 7) is 0. The highest BCUT2D eigenvalue weighted by Gasteiger charge is 2.59. The normalized spacial score (nSPS) is 19.5. The topological polar surface area (TPSA) is 79.3 Å². The lowest BCUT2D eigenvalue weighted by atomic mass is 9.92. The average Bonchev–Trinajstić information content (AvgIpc) is 3.36. The lowest BCUT2D eigenvalue weighted by molar-refractivity contribution is -0.121. The molecule has 8 heteroatoms. The van der Waals surface area contributed by atoms with E-state index in [0.717, 1.165) is 9.37 Å². The Kier molecular flexibility index (Phi) is 5.30. The van der Waals surface area contributed by atoms with E-state index in [1.807, 2.05) is 0 Å². The van der Waals surface area contributed by atoms with Crippen LogP contribution in [0.15, 0.2) is 88.4 Å². The predicted octanol–water partition coefficient (Wildman–Crippen LogP) is 4.07. The van der Waals surface area contributed by atoms with Gasteiger partial charge in [0.2, 0.25) is 11.7 Å². The molecule has 5 rings (SSSR count). The highest BCUT2D eigenvalue weighted by molar-refractivity contribution is 9.10. The number of amides is 2. The molecule has 3 aromatic carbocycles. The van der Waals surface area contributed by atoms with Crippen LogP contribution < -0.4 is 14.6 Å². The molecule has 33 heavy (non-hydrogen) atoms. The number of rotatable bonds is 5. The molecule has 2 heterocycles. The summed E-state index contributed by atoms with van der Waals surface area (Å²) in [5.41, 5.74) is 1.38. The summed E-state index contributed by atoms with van der Waals surface area (Å²) in [5.74, 6) is -1.86. The van der Waals surface area contributed by atoms with Crippen LogP contribution >= 0.6 is 15.9 Å². The molecule has 0 saturated carbocycles. The van der Waals surface area contributed by atoms with Gasteiger partial charge < -0.3 is 4.74 Å². The highest BCUT2D eigenvalue weighted by atomic mass is 79.9. The molecule has 0 bridgehead atoms. The molecule has 0 N–H and O–H groups in total. The lowest BCUT2D eigenvalue weighted by Crippen LogP contribution is -2.39. The van der Waals surface area contributed by atoms with E-state index < -0.39 is 23.8 Å². The fraction of sp³-hybridized carbons (Fsp3) is 0.120. The molecule has 0 aromatic heterocycles. The number of Topliss-reactive ketones (excluding diaryl/α,β-unsaturated/α-hetero) is 1. The standard InChI is InChI=1S/C25H18BrN3O4/c1-33-19-10-6-5-9-18(19)29-22-20(21(27-29)23(30)15-7-3-2-4-8-15)24(31)28(25(22)32)17-13-11-16(26)12-14-17/h2-14,20,22H,1H3/t20-,22-/m1/s1. The van der Waals surface area contributed by atoms with Gasteiger partial charge in [-0.05, 0) is 36.4 Å². The summed E-state index contributed by atoms with van der Waals surface area (Å²) < 4.78 is 6.28. The van der Waals surface area contributed by atoms with Crippen LogP contribution in [0.4, 0.5) is 11.4 Å². The number of ketones is 1. The molecule has 0 unspecified atom stereocenters. The van der Waals surface area contributed by atoms with Gasteiger partial charge in [-0.3, -0.25) is 14.4 Å². The van der Waals surface area contributed by atoms with Gasteiger partial charge in [0.15, 0.2) is 0 Å². The monoisotopic (exact) mass is 503 g/mol. The van der Waals surface area contributed by atoms with Crippen LogP contribution in [0.1, 0.15) is 10.4 Å². The molecule has 0 aliphatic carbocycles. The summed E-state index contributed by atoms with van der Waals surface area (Å²) in [6.07, 6.45) is 0. The van der Waals surface area contributed by atoms with Crippen molar-refractivity contribution in [3.63, 3.8) is 0 Å². The van der Waals surface area contributed by atoms with Gasteiger partial charge in [-0.1, -0.05) is 58.4 Å². The van der Waals surface area contributed by atoms with Crippen molar-refractivity contribution in [1.29, 1.82) is 0 Å². The van der Waals surface area contributed by atoms with Crippen molar-refractivity contribution < 1.29 is 19.1 Å². The van der Waals surface area contributed by atoms with Crippen molar-refractivity contribution in [3.05, 3.63) is 88.9 Å². The van der Waals surface area contributed by atoms with Crippen LogP contribution in [0, 0.1) is 5.92 Å². The number of hydrogen-bond donors (Lipinski definition) is 0. The number of benzene rings is 3. The number of nitrogens with zero attached hydrogens (tertiary/aromatic N) is 3. The Morgan fingerprint density at radius 3 is 2.27 bits per heavy atom. The number of halogens is 1. The molecule has 7 nitrogen and oxygen atoms in total. The predicted molar refractivity (Wildman–Crippen MR) is 128 cm³/mol. The maximum atomic E-state index is 13.6. The van der Waals surface area contributed by atoms with E-state index in [1.165, 1.54) is 12.1 Å². The molecular formula is C25H18BrN3O4. The van der Waals surface area contributed by atoms with Crippen LogP contribution in [-0.2, 0) is 9.59 Å². The molecule has 164 valence electrons. The zero-order valence-corrected chi connectivity index (χ0v) is 19.1. The SMILES string of the molecule is COc1ccccc1N1N=C(C(=O)c2ccccc2)[C@H]2C(=O)N(c3ccc(Br)cc3)C(=O)[C@@H]21. The number of fused-ring (bicyclic) bond motifs is 1. The van der Waals surface area contributed by atoms with E-state index in [1.54, 1.807) is 78.9 Å². The van der Waals surface area contributed by atoms with Gasteiger partial charge in [-0.2, -0.15) is 5.10 Å². The van der Waals surface area contributed by atoms with Crippen LogP contribution in [0.25, 0.3) is 0 Å². The fourth-order valence-corrected chi connectivity index (χ4v) is 4.47. The van der Waals surface area contributed by atoms with Crippen molar-refractivity contribution >= 4 is 50.6 Å². The van der Waals surface area contributed by atoms with Crippen molar-refractivity contribution in [3.8, 4) is 5.75 Å². The van der Waals surface area contributed by atoms with Gasteiger partial charge in [-0.15, -0.1) is 0 Å². The third kappa shape index (κ3) is 3.43. The molecule has 1 saturated heterocycles. The van der Waals surface area contributed by atoms with E-state index >= 15 is 0 Å². The van der Waals surface area contributed by atoms with Gasteiger partial charge in [0.25, 0.3) is 5.91 Å². The zero-order valence-electron chi connectivity index (χ0n) is 17.5. The summed E-state index contributed by atoms with van der Waals surface area (Å²) >= 11 is 3.37. The molecule has 2 amide bonds. The number of para-hydroxylation sites is 2. The molecular weight excluding hydrogens is 486 g/mol. The largest absolute Gasteiger partial charge is 0.495 e. The van der Waals surface area contributed by atoms with Crippen LogP contribution in [0.3, 0.4) is 0 Å². The van der Waals surface area contributed by atoms with E-state index in [0.29, 0.717) is 22.7 Å². The number of hydrogen-bond acceptors (Lipinski definition) is 6. The van der Waals surface area contributed by atoms with E-state index in [4.69, 9.17) is 4.74 Å². The van der Waals surface area contributed by atoms with Crippen molar-refractivity contribution in [1.82, 2.24) is 0 Å². The van der Waals surface area contributed by atoms with Gasteiger partial charge in [0, 0.05) is 10.0 Å². The maximum Gasteiger partial charge on any atom is 0.259 e. The first-order valence-electron chi connectivity index (χ1n) is 10.2. The van der Waals surface area contributed by atoms with E-state index in [-0.39, 0.29) is 11.5 Å². The number of carbonyl (C=O) groups is 3. The number of hydrazone groups is 1. The van der Waals surface area contributed by atoms with Crippen molar-refractivity contribution in [2.45, 2.75) is 6.04 Å². The third-order valence-electron chi connectivity index (χ3n) is 5.73.